The first kappa shape index (κ1) is 14.0. The maximum atomic E-state index is 10.6. The van der Waals surface area contributed by atoms with Crippen molar-refractivity contribution in [3.8, 4) is 0 Å². The van der Waals surface area contributed by atoms with Crippen LogP contribution in [0.25, 0.3) is 0 Å². The minimum Gasteiger partial charge on any atom is -0.390 e. The van der Waals surface area contributed by atoms with E-state index in [-0.39, 0.29) is 0 Å². The Morgan fingerprint density at radius 3 is 2.33 bits per heavy atom. The van der Waals surface area contributed by atoms with Gasteiger partial charge in [0.05, 0.1) is 11.7 Å². The van der Waals surface area contributed by atoms with Gasteiger partial charge in [-0.05, 0) is 24.5 Å². The molecule has 3 heteroatoms. The topological polar surface area (TPSA) is 40.5 Å². The lowest BCUT2D eigenvalue weighted by Crippen LogP contribution is -2.43. The van der Waals surface area contributed by atoms with Crippen LogP contribution in [0.4, 0.5) is 0 Å². The average Bonchev–Trinajstić information content (AvgIpc) is 2.58. The van der Waals surface area contributed by atoms with Crippen LogP contribution in [-0.2, 0) is 6.42 Å². The van der Waals surface area contributed by atoms with E-state index in [1.807, 2.05) is 24.3 Å². The standard InChI is InChI=1S/C15H21BrO2/c16-13-8-4-3-7-12(13)11-14(17)15(18)9-5-1-2-6-10-15/h3-4,7-8,14,17-18H,1-2,5-6,9-11H2. The van der Waals surface area contributed by atoms with Gasteiger partial charge in [-0.25, -0.2) is 0 Å². The van der Waals surface area contributed by atoms with Crippen molar-refractivity contribution in [1.29, 1.82) is 0 Å². The van der Waals surface area contributed by atoms with Crippen LogP contribution in [0.3, 0.4) is 0 Å². The van der Waals surface area contributed by atoms with Crippen LogP contribution >= 0.6 is 15.9 Å². The highest BCUT2D eigenvalue weighted by molar-refractivity contribution is 9.10. The van der Waals surface area contributed by atoms with Crippen molar-refractivity contribution in [2.24, 2.45) is 0 Å². The van der Waals surface area contributed by atoms with E-state index in [9.17, 15) is 10.2 Å². The van der Waals surface area contributed by atoms with Gasteiger partial charge in [-0.1, -0.05) is 59.8 Å². The number of aliphatic hydroxyl groups is 2. The number of hydrogen-bond acceptors (Lipinski definition) is 2. The molecule has 1 aliphatic carbocycles. The van der Waals surface area contributed by atoms with Gasteiger partial charge in [0.15, 0.2) is 0 Å². The summed E-state index contributed by atoms with van der Waals surface area (Å²) in [6, 6.07) is 7.89. The van der Waals surface area contributed by atoms with Gasteiger partial charge in [-0.15, -0.1) is 0 Å². The molecule has 1 aromatic carbocycles. The molecule has 1 fully saturated rings. The second kappa shape index (κ2) is 6.18. The molecule has 100 valence electrons. The number of hydrogen-bond donors (Lipinski definition) is 2. The Kier molecular flexibility index (Phi) is 4.82. The smallest absolute Gasteiger partial charge is 0.0908 e. The molecule has 0 amide bonds. The summed E-state index contributed by atoms with van der Waals surface area (Å²) in [5, 5.41) is 21.0. The number of halogens is 1. The fraction of sp³-hybridized carbons (Fsp3) is 0.600. The largest absolute Gasteiger partial charge is 0.390 e. The Labute approximate surface area is 117 Å². The predicted octanol–water partition coefficient (Wildman–Crippen LogP) is 3.44. The highest BCUT2D eigenvalue weighted by Crippen LogP contribution is 2.32. The SMILES string of the molecule is OC(Cc1ccccc1Br)C1(O)CCCCCC1. The van der Waals surface area contributed by atoms with E-state index in [2.05, 4.69) is 15.9 Å². The summed E-state index contributed by atoms with van der Waals surface area (Å²) < 4.78 is 1.00. The van der Waals surface area contributed by atoms with Crippen LogP contribution in [-0.4, -0.2) is 21.9 Å². The van der Waals surface area contributed by atoms with Gasteiger partial charge in [0, 0.05) is 10.9 Å². The molecule has 1 saturated carbocycles. The lowest BCUT2D eigenvalue weighted by atomic mass is 9.85. The molecule has 0 aliphatic heterocycles. The first-order valence-corrected chi connectivity index (χ1v) is 7.55. The second-order valence-electron chi connectivity index (χ2n) is 5.33. The summed E-state index contributed by atoms with van der Waals surface area (Å²) in [6.07, 6.45) is 5.66. The average molecular weight is 313 g/mol. The van der Waals surface area contributed by atoms with Crippen LogP contribution in [0.5, 0.6) is 0 Å². The zero-order valence-corrected chi connectivity index (χ0v) is 12.2. The van der Waals surface area contributed by atoms with Crippen LogP contribution < -0.4 is 0 Å². The maximum Gasteiger partial charge on any atom is 0.0908 e. The molecule has 2 rings (SSSR count). The van der Waals surface area contributed by atoms with Crippen molar-refractivity contribution < 1.29 is 10.2 Å². The molecule has 0 heterocycles. The minimum absolute atomic E-state index is 0.512. The summed E-state index contributed by atoms with van der Waals surface area (Å²) >= 11 is 3.49. The Hall–Kier alpha value is -0.380. The van der Waals surface area contributed by atoms with Crippen molar-refractivity contribution in [3.05, 3.63) is 34.3 Å². The summed E-state index contributed by atoms with van der Waals surface area (Å²) in [4.78, 5) is 0. The van der Waals surface area contributed by atoms with Crippen molar-refractivity contribution >= 4 is 15.9 Å². The van der Waals surface area contributed by atoms with Crippen LogP contribution in [0.2, 0.25) is 0 Å². The maximum absolute atomic E-state index is 10.6. The van der Waals surface area contributed by atoms with E-state index in [0.29, 0.717) is 6.42 Å². The molecule has 0 saturated heterocycles. The van der Waals surface area contributed by atoms with Crippen molar-refractivity contribution in [3.63, 3.8) is 0 Å². The van der Waals surface area contributed by atoms with E-state index in [1.54, 1.807) is 0 Å². The fourth-order valence-corrected chi connectivity index (χ4v) is 3.18. The Bertz CT molecular complexity index is 384. The summed E-state index contributed by atoms with van der Waals surface area (Å²) in [6.45, 7) is 0. The van der Waals surface area contributed by atoms with Gasteiger partial charge in [0.2, 0.25) is 0 Å². The summed E-state index contributed by atoms with van der Waals surface area (Å²) in [5.41, 5.74) is 0.161. The zero-order valence-electron chi connectivity index (χ0n) is 10.6. The monoisotopic (exact) mass is 312 g/mol. The third-order valence-electron chi connectivity index (χ3n) is 3.96. The summed E-state index contributed by atoms with van der Waals surface area (Å²) in [5.74, 6) is 0. The molecule has 1 unspecified atom stereocenters. The molecule has 0 radical (unpaired) electrons. The highest BCUT2D eigenvalue weighted by atomic mass is 79.9. The fourth-order valence-electron chi connectivity index (χ4n) is 2.74. The third-order valence-corrected chi connectivity index (χ3v) is 4.73. The zero-order chi connectivity index (χ0) is 13.0. The quantitative estimate of drug-likeness (QED) is 0.839. The number of aliphatic hydroxyl groups excluding tert-OH is 1. The van der Waals surface area contributed by atoms with Gasteiger partial charge in [-0.3, -0.25) is 0 Å². The molecule has 0 spiro atoms. The molecular formula is C15H21BrO2. The third kappa shape index (κ3) is 3.34. The van der Waals surface area contributed by atoms with Gasteiger partial charge in [0.1, 0.15) is 0 Å². The number of rotatable bonds is 3. The minimum atomic E-state index is -0.897. The van der Waals surface area contributed by atoms with Gasteiger partial charge in [0.25, 0.3) is 0 Å². The molecule has 2 N–H and O–H groups in total. The molecule has 18 heavy (non-hydrogen) atoms. The Balaban J connectivity index is 2.06. The molecule has 1 atom stereocenters. The Morgan fingerprint density at radius 1 is 1.11 bits per heavy atom. The molecule has 1 aromatic rings. The molecule has 0 aromatic heterocycles. The van der Waals surface area contributed by atoms with Gasteiger partial charge < -0.3 is 10.2 Å². The van der Waals surface area contributed by atoms with E-state index < -0.39 is 11.7 Å². The van der Waals surface area contributed by atoms with E-state index in [4.69, 9.17) is 0 Å². The Morgan fingerprint density at radius 2 is 1.72 bits per heavy atom. The van der Waals surface area contributed by atoms with Crippen molar-refractivity contribution in [1.82, 2.24) is 0 Å². The lowest BCUT2D eigenvalue weighted by molar-refractivity contribution is -0.0837. The van der Waals surface area contributed by atoms with Crippen LogP contribution in [0.1, 0.15) is 44.1 Å². The molecular weight excluding hydrogens is 292 g/mol. The normalized spacial score (nSPS) is 21.3. The highest BCUT2D eigenvalue weighted by Gasteiger charge is 2.35. The van der Waals surface area contributed by atoms with E-state index in [1.165, 1.54) is 12.8 Å². The van der Waals surface area contributed by atoms with Crippen LogP contribution in [0, 0.1) is 0 Å². The molecule has 2 nitrogen and oxygen atoms in total. The summed E-state index contributed by atoms with van der Waals surface area (Å²) in [7, 11) is 0. The first-order valence-electron chi connectivity index (χ1n) is 6.76. The molecule has 1 aliphatic rings. The van der Waals surface area contributed by atoms with E-state index >= 15 is 0 Å². The van der Waals surface area contributed by atoms with Gasteiger partial charge >= 0.3 is 0 Å². The van der Waals surface area contributed by atoms with E-state index in [0.717, 1.165) is 35.7 Å². The van der Waals surface area contributed by atoms with Gasteiger partial charge in [-0.2, -0.15) is 0 Å². The number of benzene rings is 1. The first-order chi connectivity index (χ1) is 8.62. The second-order valence-corrected chi connectivity index (χ2v) is 6.18. The van der Waals surface area contributed by atoms with Crippen molar-refractivity contribution in [2.45, 2.75) is 56.7 Å². The molecule has 0 bridgehead atoms. The lowest BCUT2D eigenvalue weighted by Gasteiger charge is -2.32. The predicted molar refractivity (Wildman–Crippen MR) is 76.5 cm³/mol. The van der Waals surface area contributed by atoms with Crippen molar-refractivity contribution in [2.75, 3.05) is 0 Å². The van der Waals surface area contributed by atoms with Crippen LogP contribution in [0.15, 0.2) is 28.7 Å².